The SMILES string of the molecule is Cc1ccc(N)c([N+](=O)[O-])c1C(F)(F)F. The molecular formula is C8H7F3N2O2. The number of nitrogens with two attached hydrogens (primary N) is 1. The number of aryl methyl sites for hydroxylation is 1. The Morgan fingerprint density at radius 1 is 1.40 bits per heavy atom. The normalized spacial score (nSPS) is 11.5. The van der Waals surface area contributed by atoms with Crippen molar-refractivity contribution in [2.45, 2.75) is 13.1 Å². The zero-order valence-corrected chi connectivity index (χ0v) is 7.63. The Labute approximate surface area is 82.7 Å². The van der Waals surface area contributed by atoms with Crippen molar-refractivity contribution >= 4 is 11.4 Å². The average Bonchev–Trinajstić information content (AvgIpc) is 2.05. The molecule has 0 radical (unpaired) electrons. The van der Waals surface area contributed by atoms with Gasteiger partial charge >= 0.3 is 11.9 Å². The fourth-order valence-corrected chi connectivity index (χ4v) is 1.26. The maximum Gasteiger partial charge on any atom is 0.423 e. The lowest BCUT2D eigenvalue weighted by Gasteiger charge is -2.11. The first-order valence-corrected chi connectivity index (χ1v) is 3.86. The minimum atomic E-state index is -4.78. The number of hydrogen-bond acceptors (Lipinski definition) is 3. The fourth-order valence-electron chi connectivity index (χ4n) is 1.26. The minimum absolute atomic E-state index is 0.219. The summed E-state index contributed by atoms with van der Waals surface area (Å²) in [6.45, 7) is 1.15. The largest absolute Gasteiger partial charge is 0.423 e. The summed E-state index contributed by atoms with van der Waals surface area (Å²) in [6, 6.07) is 2.19. The lowest BCUT2D eigenvalue weighted by Crippen LogP contribution is -2.12. The van der Waals surface area contributed by atoms with Gasteiger partial charge in [0.2, 0.25) is 0 Å². The van der Waals surface area contributed by atoms with Crippen LogP contribution in [0.4, 0.5) is 24.5 Å². The zero-order chi connectivity index (χ0) is 11.8. The number of benzene rings is 1. The van der Waals surface area contributed by atoms with Gasteiger partial charge in [-0.15, -0.1) is 0 Å². The molecule has 0 atom stereocenters. The third kappa shape index (κ3) is 2.00. The molecule has 0 heterocycles. The molecule has 0 aliphatic heterocycles. The van der Waals surface area contributed by atoms with Gasteiger partial charge in [-0.05, 0) is 18.6 Å². The summed E-state index contributed by atoms with van der Waals surface area (Å²) in [5.41, 5.74) is 2.07. The predicted molar refractivity (Wildman–Crippen MR) is 47.2 cm³/mol. The van der Waals surface area contributed by atoms with E-state index in [0.29, 0.717) is 0 Å². The molecule has 0 saturated heterocycles. The molecule has 2 N–H and O–H groups in total. The summed E-state index contributed by atoms with van der Waals surface area (Å²) in [7, 11) is 0. The van der Waals surface area contributed by atoms with Gasteiger partial charge in [0.25, 0.3) is 0 Å². The van der Waals surface area contributed by atoms with Crippen LogP contribution >= 0.6 is 0 Å². The number of anilines is 1. The van der Waals surface area contributed by atoms with E-state index in [1.807, 2.05) is 0 Å². The first-order chi connectivity index (χ1) is 6.75. The summed E-state index contributed by atoms with van der Waals surface area (Å²) in [5, 5.41) is 10.5. The van der Waals surface area contributed by atoms with Gasteiger partial charge in [-0.25, -0.2) is 0 Å². The van der Waals surface area contributed by atoms with Crippen LogP contribution in [0.5, 0.6) is 0 Å². The van der Waals surface area contributed by atoms with Gasteiger partial charge in [-0.3, -0.25) is 10.1 Å². The van der Waals surface area contributed by atoms with Gasteiger partial charge in [-0.1, -0.05) is 6.07 Å². The summed E-state index contributed by atoms with van der Waals surface area (Å²) < 4.78 is 37.5. The van der Waals surface area contributed by atoms with Crippen molar-refractivity contribution in [1.82, 2.24) is 0 Å². The second-order valence-corrected chi connectivity index (χ2v) is 2.95. The van der Waals surface area contributed by atoms with E-state index in [9.17, 15) is 23.3 Å². The molecule has 7 heteroatoms. The van der Waals surface area contributed by atoms with Crippen molar-refractivity contribution < 1.29 is 18.1 Å². The molecule has 1 rings (SSSR count). The molecule has 15 heavy (non-hydrogen) atoms. The third-order valence-corrected chi connectivity index (χ3v) is 1.88. The molecule has 0 fully saturated rings. The first-order valence-electron chi connectivity index (χ1n) is 3.86. The number of nitro groups is 1. The highest BCUT2D eigenvalue weighted by atomic mass is 19.4. The van der Waals surface area contributed by atoms with E-state index in [-0.39, 0.29) is 5.56 Å². The summed E-state index contributed by atoms with van der Waals surface area (Å²) in [4.78, 5) is 9.35. The maximum absolute atomic E-state index is 12.5. The van der Waals surface area contributed by atoms with Crippen molar-refractivity contribution in [1.29, 1.82) is 0 Å². The Morgan fingerprint density at radius 3 is 2.27 bits per heavy atom. The quantitative estimate of drug-likeness (QED) is 0.449. The summed E-state index contributed by atoms with van der Waals surface area (Å²) in [6.07, 6.45) is -4.78. The van der Waals surface area contributed by atoms with Gasteiger partial charge < -0.3 is 5.73 Å². The minimum Gasteiger partial charge on any atom is -0.393 e. The van der Waals surface area contributed by atoms with E-state index in [4.69, 9.17) is 5.73 Å². The Hall–Kier alpha value is -1.79. The third-order valence-electron chi connectivity index (χ3n) is 1.88. The molecule has 82 valence electrons. The van der Waals surface area contributed by atoms with Crippen molar-refractivity contribution in [3.63, 3.8) is 0 Å². The molecule has 1 aromatic rings. The second-order valence-electron chi connectivity index (χ2n) is 2.95. The van der Waals surface area contributed by atoms with E-state index in [2.05, 4.69) is 0 Å². The van der Waals surface area contributed by atoms with Crippen LogP contribution in [-0.4, -0.2) is 4.92 Å². The van der Waals surface area contributed by atoms with E-state index in [0.717, 1.165) is 19.1 Å². The van der Waals surface area contributed by atoms with Gasteiger partial charge in [0, 0.05) is 0 Å². The van der Waals surface area contributed by atoms with Crippen LogP contribution < -0.4 is 5.73 Å². The highest BCUT2D eigenvalue weighted by molar-refractivity contribution is 5.65. The van der Waals surface area contributed by atoms with Crippen molar-refractivity contribution in [2.24, 2.45) is 0 Å². The van der Waals surface area contributed by atoms with Crippen LogP contribution in [0.3, 0.4) is 0 Å². The Morgan fingerprint density at radius 2 is 1.93 bits per heavy atom. The molecule has 0 aliphatic carbocycles. The van der Waals surface area contributed by atoms with Gasteiger partial charge in [0.1, 0.15) is 11.3 Å². The topological polar surface area (TPSA) is 69.2 Å². The molecule has 4 nitrogen and oxygen atoms in total. The van der Waals surface area contributed by atoms with Crippen molar-refractivity contribution in [3.8, 4) is 0 Å². The number of nitrogen functional groups attached to an aromatic ring is 1. The Kier molecular flexibility index (Phi) is 2.57. The lowest BCUT2D eigenvalue weighted by atomic mass is 10.0. The standard InChI is InChI=1S/C8H7F3N2O2/c1-4-2-3-5(12)7(13(14)15)6(4)8(9,10)11/h2-3H,12H2,1H3. The monoisotopic (exact) mass is 220 g/mol. The number of halogens is 3. The molecule has 1 aromatic carbocycles. The molecule has 0 amide bonds. The molecule has 0 bridgehead atoms. The molecule has 0 aliphatic rings. The van der Waals surface area contributed by atoms with Crippen LogP contribution in [0.2, 0.25) is 0 Å². The summed E-state index contributed by atoms with van der Waals surface area (Å²) in [5.74, 6) is 0. The number of hydrogen-bond donors (Lipinski definition) is 1. The van der Waals surface area contributed by atoms with E-state index in [1.165, 1.54) is 0 Å². The van der Waals surface area contributed by atoms with Gasteiger partial charge in [0.15, 0.2) is 0 Å². The number of nitrogens with zero attached hydrogens (tertiary/aromatic N) is 1. The zero-order valence-electron chi connectivity index (χ0n) is 7.63. The number of alkyl halides is 3. The maximum atomic E-state index is 12.5. The van der Waals surface area contributed by atoms with E-state index in [1.54, 1.807) is 0 Å². The molecular weight excluding hydrogens is 213 g/mol. The predicted octanol–water partition coefficient (Wildman–Crippen LogP) is 2.50. The van der Waals surface area contributed by atoms with Crippen molar-refractivity contribution in [2.75, 3.05) is 5.73 Å². The molecule has 0 spiro atoms. The fraction of sp³-hybridized carbons (Fsp3) is 0.250. The first kappa shape index (κ1) is 11.3. The van der Waals surface area contributed by atoms with Gasteiger partial charge in [0.05, 0.1) is 4.92 Å². The van der Waals surface area contributed by atoms with Crippen molar-refractivity contribution in [3.05, 3.63) is 33.4 Å². The number of nitro benzene ring substituents is 1. The highest BCUT2D eigenvalue weighted by Gasteiger charge is 2.41. The summed E-state index contributed by atoms with van der Waals surface area (Å²) >= 11 is 0. The smallest absolute Gasteiger partial charge is 0.393 e. The average molecular weight is 220 g/mol. The Bertz CT molecular complexity index is 415. The van der Waals surface area contributed by atoms with E-state index >= 15 is 0 Å². The second kappa shape index (κ2) is 3.41. The Balaban J connectivity index is 3.60. The molecule has 0 aromatic heterocycles. The number of rotatable bonds is 1. The molecule has 0 unspecified atom stereocenters. The van der Waals surface area contributed by atoms with E-state index < -0.39 is 28.0 Å². The highest BCUT2D eigenvalue weighted by Crippen LogP contribution is 2.41. The van der Waals surface area contributed by atoms with Crippen LogP contribution in [0.1, 0.15) is 11.1 Å². The van der Waals surface area contributed by atoms with Crippen LogP contribution in [0, 0.1) is 17.0 Å². The van der Waals surface area contributed by atoms with Crippen LogP contribution in [-0.2, 0) is 6.18 Å². The van der Waals surface area contributed by atoms with Crippen LogP contribution in [0.25, 0.3) is 0 Å². The van der Waals surface area contributed by atoms with Crippen LogP contribution in [0.15, 0.2) is 12.1 Å². The molecule has 0 saturated carbocycles. The lowest BCUT2D eigenvalue weighted by molar-refractivity contribution is -0.387. The van der Waals surface area contributed by atoms with Gasteiger partial charge in [-0.2, -0.15) is 13.2 Å².